The number of rotatable bonds is 6. The molecule has 6 nitrogen and oxygen atoms in total. The smallest absolute Gasteiger partial charge is 0.445 e. The van der Waals surface area contributed by atoms with Crippen LogP contribution in [0.25, 0.3) is 6.08 Å². The van der Waals surface area contributed by atoms with Gasteiger partial charge in [0.2, 0.25) is 5.95 Å². The SMILES string of the molecule is Cc1cc(C=C(CNC(=O)OCc2ccccc2)B2OC(C)(C)C(C)(C)O2)cnc1F. The number of carbonyl (C=O) groups excluding carboxylic acids is 1. The number of pyridine rings is 1. The van der Waals surface area contributed by atoms with Gasteiger partial charge >= 0.3 is 13.2 Å². The minimum absolute atomic E-state index is 0.140. The fourth-order valence-corrected chi connectivity index (χ4v) is 3.02. The predicted molar refractivity (Wildman–Crippen MR) is 118 cm³/mol. The number of amides is 1. The second kappa shape index (κ2) is 9.20. The van der Waals surface area contributed by atoms with E-state index in [2.05, 4.69) is 10.3 Å². The van der Waals surface area contributed by atoms with Crippen molar-refractivity contribution in [2.24, 2.45) is 0 Å². The van der Waals surface area contributed by atoms with Crippen LogP contribution in [0.15, 0.2) is 48.1 Å². The van der Waals surface area contributed by atoms with Crippen LogP contribution in [-0.4, -0.2) is 35.9 Å². The lowest BCUT2D eigenvalue weighted by Gasteiger charge is -2.32. The highest BCUT2D eigenvalue weighted by atomic mass is 19.1. The molecule has 0 atom stereocenters. The number of nitrogens with one attached hydrogen (secondary N) is 1. The number of nitrogens with zero attached hydrogens (tertiary/aromatic N) is 1. The summed E-state index contributed by atoms with van der Waals surface area (Å²) in [4.78, 5) is 16.0. The molecule has 1 saturated heterocycles. The van der Waals surface area contributed by atoms with E-state index in [0.717, 1.165) is 5.56 Å². The number of aromatic nitrogens is 1. The van der Waals surface area contributed by atoms with Gasteiger partial charge in [0.1, 0.15) is 6.61 Å². The van der Waals surface area contributed by atoms with Gasteiger partial charge in [0.15, 0.2) is 0 Å². The maximum atomic E-state index is 13.6. The van der Waals surface area contributed by atoms with Crippen molar-refractivity contribution in [2.75, 3.05) is 6.54 Å². The molecule has 1 aromatic heterocycles. The number of hydrogen-bond acceptors (Lipinski definition) is 5. The Hall–Kier alpha value is -2.71. The van der Waals surface area contributed by atoms with E-state index in [0.29, 0.717) is 16.6 Å². The van der Waals surface area contributed by atoms with Crippen molar-refractivity contribution in [2.45, 2.75) is 52.4 Å². The van der Waals surface area contributed by atoms with Gasteiger partial charge in [0, 0.05) is 18.3 Å². The molecule has 1 N–H and O–H groups in total. The van der Waals surface area contributed by atoms with Crippen LogP contribution in [0.4, 0.5) is 9.18 Å². The van der Waals surface area contributed by atoms with Gasteiger partial charge in [-0.25, -0.2) is 9.78 Å². The summed E-state index contributed by atoms with van der Waals surface area (Å²) >= 11 is 0. The molecule has 1 amide bonds. The van der Waals surface area contributed by atoms with E-state index in [1.807, 2.05) is 58.0 Å². The third kappa shape index (κ3) is 5.71. The zero-order chi connectivity index (χ0) is 22.6. The van der Waals surface area contributed by atoms with Crippen molar-refractivity contribution in [3.63, 3.8) is 0 Å². The number of alkyl carbamates (subject to hydrolysis) is 1. The largest absolute Gasteiger partial charge is 0.492 e. The normalized spacial score (nSPS) is 17.5. The van der Waals surface area contributed by atoms with E-state index in [9.17, 15) is 9.18 Å². The van der Waals surface area contributed by atoms with Crippen LogP contribution in [0.3, 0.4) is 0 Å². The van der Waals surface area contributed by atoms with Gasteiger partial charge in [-0.1, -0.05) is 36.4 Å². The fraction of sp³-hybridized carbons (Fsp3) is 0.391. The zero-order valence-electron chi connectivity index (χ0n) is 18.6. The molecule has 1 aliphatic rings. The highest BCUT2D eigenvalue weighted by Crippen LogP contribution is 2.38. The summed E-state index contributed by atoms with van der Waals surface area (Å²) in [6, 6.07) is 11.1. The molecule has 0 radical (unpaired) electrons. The molecular weight excluding hydrogens is 398 g/mol. The molecule has 1 fully saturated rings. The number of benzene rings is 1. The summed E-state index contributed by atoms with van der Waals surface area (Å²) in [6.45, 7) is 9.77. The van der Waals surface area contributed by atoms with Crippen LogP contribution >= 0.6 is 0 Å². The molecule has 1 aromatic carbocycles. The Kier molecular flexibility index (Phi) is 6.82. The molecule has 0 aliphatic carbocycles. The molecule has 2 aromatic rings. The highest BCUT2D eigenvalue weighted by molar-refractivity contribution is 6.56. The van der Waals surface area contributed by atoms with Gasteiger partial charge in [-0.15, -0.1) is 0 Å². The molecule has 8 heteroatoms. The molecule has 164 valence electrons. The number of halogens is 1. The van der Waals surface area contributed by atoms with E-state index in [1.165, 1.54) is 6.20 Å². The summed E-state index contributed by atoms with van der Waals surface area (Å²) in [5.41, 5.74) is 1.60. The Balaban J connectivity index is 1.73. The Morgan fingerprint density at radius 1 is 1.19 bits per heavy atom. The Morgan fingerprint density at radius 2 is 1.84 bits per heavy atom. The second-order valence-electron chi connectivity index (χ2n) is 8.60. The summed E-state index contributed by atoms with van der Waals surface area (Å²) < 4.78 is 31.1. The molecule has 0 saturated carbocycles. The van der Waals surface area contributed by atoms with E-state index < -0.39 is 30.4 Å². The Labute approximate surface area is 183 Å². The van der Waals surface area contributed by atoms with Gasteiger partial charge in [0.05, 0.1) is 11.2 Å². The lowest BCUT2D eigenvalue weighted by Crippen LogP contribution is -2.41. The molecule has 31 heavy (non-hydrogen) atoms. The minimum atomic E-state index is -0.676. The summed E-state index contributed by atoms with van der Waals surface area (Å²) in [5.74, 6) is -0.517. The van der Waals surface area contributed by atoms with Crippen molar-refractivity contribution < 1.29 is 23.2 Å². The summed E-state index contributed by atoms with van der Waals surface area (Å²) in [6.07, 6.45) is 2.67. The monoisotopic (exact) mass is 426 g/mol. The summed E-state index contributed by atoms with van der Waals surface area (Å²) in [5, 5.41) is 2.75. The first-order valence-corrected chi connectivity index (χ1v) is 10.2. The van der Waals surface area contributed by atoms with Crippen LogP contribution in [-0.2, 0) is 20.7 Å². The number of carbonyl (C=O) groups is 1. The van der Waals surface area contributed by atoms with Gasteiger partial charge in [-0.2, -0.15) is 4.39 Å². The molecule has 0 bridgehead atoms. The first kappa shape index (κ1) is 23.0. The molecule has 0 unspecified atom stereocenters. The van der Waals surface area contributed by atoms with Crippen LogP contribution in [0, 0.1) is 12.9 Å². The van der Waals surface area contributed by atoms with E-state index >= 15 is 0 Å². The predicted octanol–water partition coefficient (Wildman–Crippen LogP) is 4.47. The van der Waals surface area contributed by atoms with Gasteiger partial charge < -0.3 is 19.4 Å². The van der Waals surface area contributed by atoms with E-state index in [-0.39, 0.29) is 13.2 Å². The zero-order valence-corrected chi connectivity index (χ0v) is 18.6. The fourth-order valence-electron chi connectivity index (χ4n) is 3.02. The summed E-state index contributed by atoms with van der Waals surface area (Å²) in [7, 11) is -0.676. The first-order valence-electron chi connectivity index (χ1n) is 10.2. The van der Waals surface area contributed by atoms with Crippen LogP contribution in [0.5, 0.6) is 0 Å². The van der Waals surface area contributed by atoms with Crippen molar-refractivity contribution in [1.29, 1.82) is 0 Å². The van der Waals surface area contributed by atoms with Crippen LogP contribution in [0.1, 0.15) is 44.4 Å². The standard InChI is InChI=1S/C23H28BFN2O4/c1-16-11-18(13-26-20(16)25)12-19(24-30-22(2,3)23(4,5)31-24)14-27-21(28)29-15-17-9-7-6-8-10-17/h6-13H,14-15H2,1-5H3,(H,27,28). The molecule has 3 rings (SSSR count). The highest BCUT2D eigenvalue weighted by Gasteiger charge is 2.52. The van der Waals surface area contributed by atoms with Gasteiger partial charge in [0.25, 0.3) is 0 Å². The Bertz CT molecular complexity index is 947. The lowest BCUT2D eigenvalue weighted by molar-refractivity contribution is 0.00578. The van der Waals surface area contributed by atoms with Crippen molar-refractivity contribution in [3.8, 4) is 0 Å². The van der Waals surface area contributed by atoms with Crippen molar-refractivity contribution >= 4 is 19.3 Å². The molecule has 1 aliphatic heterocycles. The van der Waals surface area contributed by atoms with Gasteiger partial charge in [-0.3, -0.25) is 0 Å². The topological polar surface area (TPSA) is 69.7 Å². The molecule has 2 heterocycles. The van der Waals surface area contributed by atoms with Gasteiger partial charge in [-0.05, 0) is 57.3 Å². The second-order valence-corrected chi connectivity index (χ2v) is 8.60. The van der Waals surface area contributed by atoms with Crippen LogP contribution < -0.4 is 5.32 Å². The molecular formula is C23H28BFN2O4. The van der Waals surface area contributed by atoms with E-state index in [1.54, 1.807) is 19.1 Å². The number of hydrogen-bond donors (Lipinski definition) is 1. The average molecular weight is 426 g/mol. The molecule has 0 spiro atoms. The number of aryl methyl sites for hydroxylation is 1. The first-order chi connectivity index (χ1) is 14.6. The third-order valence-corrected chi connectivity index (χ3v) is 5.59. The third-order valence-electron chi connectivity index (χ3n) is 5.59. The Morgan fingerprint density at radius 3 is 2.45 bits per heavy atom. The maximum absolute atomic E-state index is 13.6. The van der Waals surface area contributed by atoms with Crippen LogP contribution in [0.2, 0.25) is 0 Å². The van der Waals surface area contributed by atoms with E-state index in [4.69, 9.17) is 14.0 Å². The lowest BCUT2D eigenvalue weighted by atomic mass is 9.77. The maximum Gasteiger partial charge on any atom is 0.492 e. The minimum Gasteiger partial charge on any atom is -0.445 e. The van der Waals surface area contributed by atoms with Crippen molar-refractivity contribution in [1.82, 2.24) is 10.3 Å². The number of ether oxygens (including phenoxy) is 1. The average Bonchev–Trinajstić information content (AvgIpc) is 2.94. The quantitative estimate of drug-likeness (QED) is 0.545. The van der Waals surface area contributed by atoms with Crippen molar-refractivity contribution in [3.05, 3.63) is 70.7 Å².